The largest absolute Gasteiger partial charge is 0.480 e. The number of rotatable bonds is 5. The third-order valence-corrected chi connectivity index (χ3v) is 2.85. The molecule has 1 aromatic rings. The lowest BCUT2D eigenvalue weighted by atomic mass is 10.1. The van der Waals surface area contributed by atoms with Gasteiger partial charge in [0.05, 0.1) is 0 Å². The van der Waals surface area contributed by atoms with Gasteiger partial charge in [-0.05, 0) is 37.1 Å². The quantitative estimate of drug-likeness (QED) is 0.805. The number of benzene rings is 1. The maximum atomic E-state index is 11.8. The first-order chi connectivity index (χ1) is 8.45. The Bertz CT molecular complexity index is 485. The Balaban J connectivity index is 2.83. The fourth-order valence-electron chi connectivity index (χ4n) is 1.42. The predicted octanol–water partition coefficient (Wildman–Crippen LogP) is 2.41. The number of carboxylic acid groups (broad SMARTS) is 1. The van der Waals surface area contributed by atoms with Crippen LogP contribution in [-0.4, -0.2) is 23.0 Å². The van der Waals surface area contributed by atoms with Gasteiger partial charge in [0.25, 0.3) is 5.91 Å². The Morgan fingerprint density at radius 2 is 2.22 bits per heavy atom. The molecule has 4 nitrogen and oxygen atoms in total. The second-order valence-corrected chi connectivity index (χ2v) is 4.26. The van der Waals surface area contributed by atoms with Crippen molar-refractivity contribution in [1.29, 1.82) is 0 Å². The van der Waals surface area contributed by atoms with Gasteiger partial charge in [-0.3, -0.25) is 4.79 Å². The fraction of sp³-hybridized carbons (Fsp3) is 0.231. The summed E-state index contributed by atoms with van der Waals surface area (Å²) < 4.78 is 0. The Morgan fingerprint density at radius 1 is 1.56 bits per heavy atom. The van der Waals surface area contributed by atoms with Crippen LogP contribution in [0.5, 0.6) is 0 Å². The van der Waals surface area contributed by atoms with Crippen molar-refractivity contribution < 1.29 is 14.7 Å². The van der Waals surface area contributed by atoms with E-state index >= 15 is 0 Å². The molecular weight excluding hydrogens is 254 g/mol. The van der Waals surface area contributed by atoms with E-state index in [0.29, 0.717) is 10.6 Å². The van der Waals surface area contributed by atoms with Crippen molar-refractivity contribution in [2.45, 2.75) is 19.4 Å². The van der Waals surface area contributed by atoms with Crippen molar-refractivity contribution in [3.05, 3.63) is 47.0 Å². The van der Waals surface area contributed by atoms with Gasteiger partial charge in [-0.25, -0.2) is 4.79 Å². The van der Waals surface area contributed by atoms with Crippen molar-refractivity contribution in [3.63, 3.8) is 0 Å². The van der Waals surface area contributed by atoms with Gasteiger partial charge in [0.2, 0.25) is 0 Å². The molecule has 0 aliphatic rings. The Morgan fingerprint density at radius 3 is 2.72 bits per heavy atom. The van der Waals surface area contributed by atoms with Crippen LogP contribution in [0.2, 0.25) is 5.02 Å². The van der Waals surface area contributed by atoms with Crippen molar-refractivity contribution in [2.75, 3.05) is 0 Å². The van der Waals surface area contributed by atoms with Gasteiger partial charge in [0, 0.05) is 10.6 Å². The minimum Gasteiger partial charge on any atom is -0.480 e. The molecule has 0 aromatic heterocycles. The molecule has 96 valence electrons. The summed E-state index contributed by atoms with van der Waals surface area (Å²) in [5.41, 5.74) is 1.15. The minimum atomic E-state index is -1.09. The van der Waals surface area contributed by atoms with Crippen LogP contribution in [0.1, 0.15) is 22.3 Å². The summed E-state index contributed by atoms with van der Waals surface area (Å²) in [6.07, 6.45) is 1.62. The minimum absolute atomic E-state index is 0.174. The van der Waals surface area contributed by atoms with E-state index in [4.69, 9.17) is 16.7 Å². The van der Waals surface area contributed by atoms with Gasteiger partial charge in [-0.15, -0.1) is 6.58 Å². The van der Waals surface area contributed by atoms with E-state index in [2.05, 4.69) is 11.9 Å². The number of carboxylic acids is 1. The maximum absolute atomic E-state index is 11.8. The summed E-state index contributed by atoms with van der Waals surface area (Å²) >= 11 is 5.85. The van der Waals surface area contributed by atoms with E-state index in [1.54, 1.807) is 25.1 Å². The maximum Gasteiger partial charge on any atom is 0.326 e. The van der Waals surface area contributed by atoms with Crippen LogP contribution in [0.15, 0.2) is 30.9 Å². The number of aliphatic carboxylic acids is 1. The molecule has 2 N–H and O–H groups in total. The Kier molecular flexibility index (Phi) is 4.92. The molecule has 5 heteroatoms. The molecule has 0 saturated carbocycles. The third-order valence-electron chi connectivity index (χ3n) is 2.43. The van der Waals surface area contributed by atoms with E-state index in [-0.39, 0.29) is 6.42 Å². The van der Waals surface area contributed by atoms with Crippen LogP contribution in [0.25, 0.3) is 0 Å². The van der Waals surface area contributed by atoms with Crippen molar-refractivity contribution in [1.82, 2.24) is 5.32 Å². The molecular formula is C13H14ClNO3. The second-order valence-electron chi connectivity index (χ2n) is 3.85. The number of hydrogen-bond donors (Lipinski definition) is 2. The molecule has 0 heterocycles. The lowest BCUT2D eigenvalue weighted by Crippen LogP contribution is -2.40. The molecule has 1 rings (SSSR count). The van der Waals surface area contributed by atoms with E-state index in [9.17, 15) is 9.59 Å². The molecule has 1 aromatic carbocycles. The van der Waals surface area contributed by atoms with Crippen LogP contribution in [0, 0.1) is 6.92 Å². The lowest BCUT2D eigenvalue weighted by Gasteiger charge is -2.13. The number of halogens is 1. The number of hydrogen-bond acceptors (Lipinski definition) is 2. The number of carbonyl (C=O) groups excluding carboxylic acids is 1. The molecule has 1 atom stereocenters. The zero-order valence-corrected chi connectivity index (χ0v) is 10.7. The summed E-state index contributed by atoms with van der Waals surface area (Å²) in [6, 6.07) is 3.81. The van der Waals surface area contributed by atoms with Gasteiger partial charge in [-0.2, -0.15) is 0 Å². The molecule has 0 spiro atoms. The first-order valence-corrected chi connectivity index (χ1v) is 5.74. The Hall–Kier alpha value is -1.81. The van der Waals surface area contributed by atoms with Crippen LogP contribution in [0.3, 0.4) is 0 Å². The highest BCUT2D eigenvalue weighted by molar-refractivity contribution is 6.31. The van der Waals surface area contributed by atoms with Gasteiger partial charge in [-0.1, -0.05) is 17.7 Å². The summed E-state index contributed by atoms with van der Waals surface area (Å²) in [4.78, 5) is 22.7. The number of amides is 1. The smallest absolute Gasteiger partial charge is 0.326 e. The number of carbonyl (C=O) groups is 2. The molecule has 0 bridgehead atoms. The molecule has 1 unspecified atom stereocenters. The van der Waals surface area contributed by atoms with Gasteiger partial charge < -0.3 is 10.4 Å². The van der Waals surface area contributed by atoms with Crippen LogP contribution >= 0.6 is 11.6 Å². The number of aryl methyl sites for hydroxylation is 1. The highest BCUT2D eigenvalue weighted by Gasteiger charge is 2.19. The van der Waals surface area contributed by atoms with Crippen LogP contribution in [0.4, 0.5) is 0 Å². The van der Waals surface area contributed by atoms with E-state index in [1.807, 2.05) is 0 Å². The molecule has 18 heavy (non-hydrogen) atoms. The predicted molar refractivity (Wildman–Crippen MR) is 69.9 cm³/mol. The van der Waals surface area contributed by atoms with E-state index in [0.717, 1.165) is 5.56 Å². The normalized spacial score (nSPS) is 11.7. The summed E-state index contributed by atoms with van der Waals surface area (Å²) in [7, 11) is 0. The van der Waals surface area contributed by atoms with E-state index < -0.39 is 17.9 Å². The topological polar surface area (TPSA) is 66.4 Å². The Labute approximate surface area is 110 Å². The molecule has 0 aliphatic heterocycles. The van der Waals surface area contributed by atoms with Crippen molar-refractivity contribution in [2.24, 2.45) is 0 Å². The average Bonchev–Trinajstić information content (AvgIpc) is 2.31. The summed E-state index contributed by atoms with van der Waals surface area (Å²) in [5.74, 6) is -1.53. The molecule has 1 amide bonds. The van der Waals surface area contributed by atoms with Gasteiger partial charge >= 0.3 is 5.97 Å². The SMILES string of the molecule is C=CCC(NC(=O)c1ccc(Cl)c(C)c1)C(=O)O. The van der Waals surface area contributed by atoms with E-state index in [1.165, 1.54) is 6.08 Å². The third kappa shape index (κ3) is 3.60. The molecule has 0 fully saturated rings. The standard InChI is InChI=1S/C13H14ClNO3/c1-3-4-11(13(17)18)15-12(16)9-5-6-10(14)8(2)7-9/h3,5-7,11H,1,4H2,2H3,(H,15,16)(H,17,18). The molecule has 0 saturated heterocycles. The highest BCUT2D eigenvalue weighted by Crippen LogP contribution is 2.16. The highest BCUT2D eigenvalue weighted by atomic mass is 35.5. The molecule has 0 radical (unpaired) electrons. The first kappa shape index (κ1) is 14.3. The van der Waals surface area contributed by atoms with Crippen molar-refractivity contribution in [3.8, 4) is 0 Å². The summed E-state index contributed by atoms with van der Waals surface area (Å²) in [5, 5.41) is 11.9. The zero-order chi connectivity index (χ0) is 13.7. The van der Waals surface area contributed by atoms with Gasteiger partial charge in [0.1, 0.15) is 6.04 Å². The average molecular weight is 268 g/mol. The first-order valence-electron chi connectivity index (χ1n) is 5.36. The molecule has 0 aliphatic carbocycles. The second kappa shape index (κ2) is 6.21. The zero-order valence-electron chi connectivity index (χ0n) is 9.94. The van der Waals surface area contributed by atoms with Crippen LogP contribution < -0.4 is 5.32 Å². The van der Waals surface area contributed by atoms with Gasteiger partial charge in [0.15, 0.2) is 0 Å². The fourth-order valence-corrected chi connectivity index (χ4v) is 1.53. The van der Waals surface area contributed by atoms with Crippen LogP contribution in [-0.2, 0) is 4.79 Å². The van der Waals surface area contributed by atoms with Crippen molar-refractivity contribution >= 4 is 23.5 Å². The lowest BCUT2D eigenvalue weighted by molar-refractivity contribution is -0.139. The monoisotopic (exact) mass is 267 g/mol. The number of nitrogens with one attached hydrogen (secondary N) is 1. The summed E-state index contributed by atoms with van der Waals surface area (Å²) in [6.45, 7) is 5.23.